The van der Waals surface area contributed by atoms with E-state index in [0.717, 1.165) is 12.5 Å². The second-order valence-corrected chi connectivity index (χ2v) is 10.1. The molecule has 0 aromatic heterocycles. The molecule has 2 aliphatic heterocycles. The van der Waals surface area contributed by atoms with E-state index in [1.54, 1.807) is 0 Å². The number of piperidine rings is 1. The molecule has 2 heterocycles. The molecule has 1 saturated heterocycles. The maximum absolute atomic E-state index is 13.1. The van der Waals surface area contributed by atoms with Gasteiger partial charge in [-0.2, -0.15) is 13.2 Å². The Kier molecular flexibility index (Phi) is 7.23. The van der Waals surface area contributed by atoms with Crippen molar-refractivity contribution in [2.45, 2.75) is 83.7 Å². The van der Waals surface area contributed by atoms with Crippen LogP contribution in [-0.4, -0.2) is 49.3 Å². The number of halogens is 3. The standard InChI is InChI=1S/C22H34F3N3O3/c1-21(2,3)13-4-6-16(20(30)28-14-8-9-26-19(29)11-14)17(10-13)31-15-5-7-18(27-12-15)22(23,24)25/h7,13-17,27H,4-6,8-12H2,1-3H3,(H,26,29)(H,28,30). The lowest BCUT2D eigenvalue weighted by atomic mass is 9.68. The minimum atomic E-state index is -4.39. The maximum atomic E-state index is 13.1. The van der Waals surface area contributed by atoms with Crippen molar-refractivity contribution >= 4 is 11.8 Å². The van der Waals surface area contributed by atoms with Crippen LogP contribution < -0.4 is 16.0 Å². The molecule has 0 aromatic rings. The fourth-order valence-corrected chi connectivity index (χ4v) is 4.78. The number of hydrogen-bond donors (Lipinski definition) is 3. The summed E-state index contributed by atoms with van der Waals surface area (Å²) in [6, 6.07) is -0.184. The summed E-state index contributed by atoms with van der Waals surface area (Å²) >= 11 is 0. The Hall–Kier alpha value is -1.77. The fourth-order valence-electron chi connectivity index (χ4n) is 4.78. The Labute approximate surface area is 181 Å². The second-order valence-electron chi connectivity index (χ2n) is 10.1. The Morgan fingerprint density at radius 3 is 2.48 bits per heavy atom. The van der Waals surface area contributed by atoms with Gasteiger partial charge in [-0.25, -0.2) is 0 Å². The number of carbonyl (C=O) groups is 2. The first-order valence-electron chi connectivity index (χ1n) is 11.2. The molecule has 176 valence electrons. The number of carbonyl (C=O) groups excluding carboxylic acids is 2. The quantitative estimate of drug-likeness (QED) is 0.622. The minimum absolute atomic E-state index is 0.0543. The fraction of sp³-hybridized carbons (Fsp3) is 0.818. The molecule has 2 amide bonds. The van der Waals surface area contributed by atoms with Crippen LogP contribution in [-0.2, 0) is 14.3 Å². The van der Waals surface area contributed by atoms with Gasteiger partial charge >= 0.3 is 6.18 Å². The monoisotopic (exact) mass is 445 g/mol. The molecule has 5 atom stereocenters. The average molecular weight is 446 g/mol. The van der Waals surface area contributed by atoms with Crippen LogP contribution in [0.25, 0.3) is 0 Å². The molecule has 9 heteroatoms. The molecule has 1 aliphatic carbocycles. The zero-order valence-electron chi connectivity index (χ0n) is 18.5. The number of alkyl halides is 3. The Morgan fingerprint density at radius 2 is 1.90 bits per heavy atom. The Bertz CT molecular complexity index is 702. The summed E-state index contributed by atoms with van der Waals surface area (Å²) in [7, 11) is 0. The zero-order valence-corrected chi connectivity index (χ0v) is 18.5. The third kappa shape index (κ3) is 6.37. The highest BCUT2D eigenvalue weighted by Gasteiger charge is 2.42. The van der Waals surface area contributed by atoms with Crippen molar-refractivity contribution in [1.82, 2.24) is 16.0 Å². The molecule has 5 unspecified atom stereocenters. The second kappa shape index (κ2) is 9.38. The van der Waals surface area contributed by atoms with Crippen LogP contribution >= 0.6 is 0 Å². The van der Waals surface area contributed by atoms with Gasteiger partial charge in [0.25, 0.3) is 0 Å². The van der Waals surface area contributed by atoms with E-state index in [2.05, 4.69) is 36.7 Å². The number of rotatable bonds is 4. The van der Waals surface area contributed by atoms with Crippen LogP contribution in [0.4, 0.5) is 13.2 Å². The van der Waals surface area contributed by atoms with Crippen molar-refractivity contribution in [1.29, 1.82) is 0 Å². The largest absolute Gasteiger partial charge is 0.430 e. The molecule has 3 aliphatic rings. The minimum Gasteiger partial charge on any atom is -0.379 e. The molecule has 31 heavy (non-hydrogen) atoms. The molecular formula is C22H34F3N3O3. The van der Waals surface area contributed by atoms with Gasteiger partial charge in [0.2, 0.25) is 11.8 Å². The summed E-state index contributed by atoms with van der Waals surface area (Å²) in [5.41, 5.74) is -0.674. The third-order valence-corrected chi connectivity index (χ3v) is 6.72. The van der Waals surface area contributed by atoms with Crippen LogP contribution in [0.1, 0.15) is 59.3 Å². The molecule has 3 N–H and O–H groups in total. The van der Waals surface area contributed by atoms with E-state index in [-0.39, 0.29) is 54.7 Å². The van der Waals surface area contributed by atoms with E-state index in [0.29, 0.717) is 31.7 Å². The number of nitrogens with one attached hydrogen (secondary N) is 3. The van der Waals surface area contributed by atoms with E-state index in [4.69, 9.17) is 4.74 Å². The SMILES string of the molecule is CC(C)(C)C1CCC(C(=O)NC2CCNC(=O)C2)C(OC2CC=C(C(F)(F)F)NC2)C1. The number of ether oxygens (including phenoxy) is 1. The van der Waals surface area contributed by atoms with Gasteiger partial charge in [-0.15, -0.1) is 0 Å². The van der Waals surface area contributed by atoms with Crippen molar-refractivity contribution in [3.8, 4) is 0 Å². The lowest BCUT2D eigenvalue weighted by Gasteiger charge is -2.43. The van der Waals surface area contributed by atoms with Crippen LogP contribution in [0.3, 0.4) is 0 Å². The van der Waals surface area contributed by atoms with Crippen LogP contribution in [0.15, 0.2) is 11.8 Å². The van der Waals surface area contributed by atoms with Crippen molar-refractivity contribution in [2.24, 2.45) is 17.3 Å². The van der Waals surface area contributed by atoms with Crippen LogP contribution in [0.2, 0.25) is 0 Å². The first-order chi connectivity index (χ1) is 14.4. The normalized spacial score (nSPS) is 32.5. The maximum Gasteiger partial charge on any atom is 0.430 e. The molecule has 0 spiro atoms. The van der Waals surface area contributed by atoms with Gasteiger partial charge in [-0.05, 0) is 43.4 Å². The first kappa shape index (κ1) is 23.9. The molecule has 6 nitrogen and oxygen atoms in total. The Balaban J connectivity index is 1.66. The molecule has 2 fully saturated rings. The molecule has 0 aromatic carbocycles. The van der Waals surface area contributed by atoms with E-state index in [1.807, 2.05) is 0 Å². The van der Waals surface area contributed by atoms with E-state index >= 15 is 0 Å². The molecule has 0 radical (unpaired) electrons. The van der Waals surface area contributed by atoms with Crippen molar-refractivity contribution in [3.63, 3.8) is 0 Å². The summed E-state index contributed by atoms with van der Waals surface area (Å²) in [6.45, 7) is 7.10. The van der Waals surface area contributed by atoms with Gasteiger partial charge in [-0.3, -0.25) is 9.59 Å². The highest BCUT2D eigenvalue weighted by Crippen LogP contribution is 2.42. The average Bonchev–Trinajstić information content (AvgIpc) is 2.67. The van der Waals surface area contributed by atoms with E-state index in [1.165, 1.54) is 0 Å². The number of amides is 2. The number of hydrogen-bond acceptors (Lipinski definition) is 4. The lowest BCUT2D eigenvalue weighted by molar-refractivity contribution is -0.141. The van der Waals surface area contributed by atoms with Gasteiger partial charge in [0.1, 0.15) is 5.70 Å². The van der Waals surface area contributed by atoms with Crippen LogP contribution in [0, 0.1) is 17.3 Å². The third-order valence-electron chi connectivity index (χ3n) is 6.72. The van der Waals surface area contributed by atoms with Gasteiger partial charge in [-0.1, -0.05) is 26.8 Å². The van der Waals surface area contributed by atoms with Crippen molar-refractivity contribution in [3.05, 3.63) is 11.8 Å². The summed E-state index contributed by atoms with van der Waals surface area (Å²) in [5, 5.41) is 8.19. The molecular weight excluding hydrogens is 411 g/mol. The van der Waals surface area contributed by atoms with Crippen LogP contribution in [0.5, 0.6) is 0 Å². The van der Waals surface area contributed by atoms with Crippen molar-refractivity contribution < 1.29 is 27.5 Å². The zero-order chi connectivity index (χ0) is 22.8. The first-order valence-corrected chi connectivity index (χ1v) is 11.2. The highest BCUT2D eigenvalue weighted by atomic mass is 19.4. The van der Waals surface area contributed by atoms with Gasteiger partial charge in [0, 0.05) is 25.6 Å². The van der Waals surface area contributed by atoms with Crippen molar-refractivity contribution in [2.75, 3.05) is 13.1 Å². The number of allylic oxidation sites excluding steroid dienone is 1. The molecule has 1 saturated carbocycles. The summed E-state index contributed by atoms with van der Waals surface area (Å²) in [4.78, 5) is 24.7. The highest BCUT2D eigenvalue weighted by molar-refractivity contribution is 5.82. The van der Waals surface area contributed by atoms with E-state index in [9.17, 15) is 22.8 Å². The lowest BCUT2D eigenvalue weighted by Crippen LogP contribution is -2.51. The van der Waals surface area contributed by atoms with Gasteiger partial charge in [0.05, 0.1) is 18.1 Å². The smallest absolute Gasteiger partial charge is 0.379 e. The van der Waals surface area contributed by atoms with Gasteiger partial charge < -0.3 is 20.7 Å². The van der Waals surface area contributed by atoms with Gasteiger partial charge in [0.15, 0.2) is 0 Å². The molecule has 0 bridgehead atoms. The molecule has 3 rings (SSSR count). The topological polar surface area (TPSA) is 79.5 Å². The predicted molar refractivity (Wildman–Crippen MR) is 110 cm³/mol. The Morgan fingerprint density at radius 1 is 1.16 bits per heavy atom. The summed E-state index contributed by atoms with van der Waals surface area (Å²) in [5.74, 6) is -0.190. The predicted octanol–water partition coefficient (Wildman–Crippen LogP) is 3.04. The van der Waals surface area contributed by atoms with E-state index < -0.39 is 18.0 Å². The summed E-state index contributed by atoms with van der Waals surface area (Å²) in [6.07, 6.45) is -0.641. The summed E-state index contributed by atoms with van der Waals surface area (Å²) < 4.78 is 44.9.